The normalized spacial score (nSPS) is 27.7. The van der Waals surface area contributed by atoms with Gasteiger partial charge in [-0.05, 0) is 124 Å². The quantitative estimate of drug-likeness (QED) is 0.114. The summed E-state index contributed by atoms with van der Waals surface area (Å²) in [6.45, 7) is 3.48. The van der Waals surface area contributed by atoms with Crippen molar-refractivity contribution in [2.75, 3.05) is 31.5 Å². The number of hydrogen-bond donors (Lipinski definition) is 4. The van der Waals surface area contributed by atoms with Crippen LogP contribution in [0.2, 0.25) is 10.0 Å². The van der Waals surface area contributed by atoms with Gasteiger partial charge in [-0.25, -0.2) is 9.18 Å². The maximum Gasteiger partial charge on any atom is 0.329 e. The number of carbonyl (C=O) groups is 4. The predicted molar refractivity (Wildman–Crippen MR) is 252 cm³/mol. The lowest BCUT2D eigenvalue weighted by Crippen LogP contribution is -2.60. The highest BCUT2D eigenvalue weighted by molar-refractivity contribution is 6.31. The predicted octanol–water partition coefficient (Wildman–Crippen LogP) is 7.10. The van der Waals surface area contributed by atoms with Crippen molar-refractivity contribution in [3.63, 3.8) is 0 Å². The van der Waals surface area contributed by atoms with Crippen molar-refractivity contribution in [1.82, 2.24) is 30.0 Å². The summed E-state index contributed by atoms with van der Waals surface area (Å²) in [7, 11) is 1.70. The summed E-state index contributed by atoms with van der Waals surface area (Å²) in [4.78, 5) is 69.7. The first-order chi connectivity index (χ1) is 31.9. The summed E-state index contributed by atoms with van der Waals surface area (Å²) in [5.74, 6) is 5.28. The number of halogens is 3. The van der Waals surface area contributed by atoms with Crippen molar-refractivity contribution < 1.29 is 23.6 Å². The zero-order valence-electron chi connectivity index (χ0n) is 37.2. The minimum Gasteiger partial charge on any atom is -0.354 e. The van der Waals surface area contributed by atoms with E-state index in [-0.39, 0.29) is 52.8 Å². The number of nitrogens with one attached hydrogen (secondary N) is 4. The molecule has 346 valence electrons. The van der Waals surface area contributed by atoms with E-state index >= 15 is 4.39 Å². The molecular weight excluding hydrogens is 881 g/mol. The molecule has 12 nitrogen and oxygen atoms in total. The highest BCUT2D eigenvalue weighted by Gasteiger charge is 2.72. The summed E-state index contributed by atoms with van der Waals surface area (Å²) >= 11 is 12.9. The molecule has 2 aliphatic carbocycles. The molecule has 4 aromatic rings. The molecule has 66 heavy (non-hydrogen) atoms. The van der Waals surface area contributed by atoms with Gasteiger partial charge in [0.25, 0.3) is 0 Å². The van der Waals surface area contributed by atoms with E-state index in [1.807, 2.05) is 24.3 Å². The third-order valence-electron chi connectivity index (χ3n) is 16.0. The lowest BCUT2D eigenvalue weighted by molar-refractivity contribution is -0.135. The van der Waals surface area contributed by atoms with Gasteiger partial charge in [-0.3, -0.25) is 38.9 Å². The van der Waals surface area contributed by atoms with Gasteiger partial charge in [0.15, 0.2) is 0 Å². The van der Waals surface area contributed by atoms with Crippen LogP contribution in [0.5, 0.6) is 0 Å². The number of carbonyl (C=O) groups excluding carboxylic acids is 4. The highest BCUT2D eigenvalue weighted by atomic mass is 35.5. The lowest BCUT2D eigenvalue weighted by Gasteiger charge is -2.47. The molecule has 2 saturated carbocycles. The number of nitrogens with zero attached hydrogens (tertiary/aromatic N) is 3. The van der Waals surface area contributed by atoms with Crippen molar-refractivity contribution in [2.45, 2.75) is 112 Å². The molecule has 4 atom stereocenters. The standard InChI is InChI=1S/C51H56Cl2FN7O5/c1-59-45-33(7-5-10-39(45)61(49(59)66)40-19-20-41(62)57-46(40)63)16-15-30-21-25-60(26-22-30)29-32-13-11-31(12-14-32)28-55-47(64)44-42(35-8-6-9-37(53)43(35)54)51(50(58-44)23-3-2-4-24-50)36-18-17-34(52)27-38(36)56-48(51)65/h5-10,17-18,27,30-32,40,42,44,58H,2-4,11-14,19-26,28-29H2,1H3,(H,55,64)(H,56,65)(H,57,62,63)/t31-,32-,40?,42-,44+,51+/m0/s1. The summed E-state index contributed by atoms with van der Waals surface area (Å²) in [6, 6.07) is 14.3. The topological polar surface area (TPSA) is 147 Å². The Hall–Kier alpha value is -5.00. The number of likely N-dealkylation sites (tertiary alicyclic amines) is 1. The maximum absolute atomic E-state index is 16.3. The molecule has 4 N–H and O–H groups in total. The Morgan fingerprint density at radius 1 is 0.894 bits per heavy atom. The summed E-state index contributed by atoms with van der Waals surface area (Å²) in [6.07, 6.45) is 10.7. The van der Waals surface area contributed by atoms with Crippen molar-refractivity contribution in [2.24, 2.45) is 24.8 Å². The molecule has 15 heteroatoms. The van der Waals surface area contributed by atoms with Crippen LogP contribution in [-0.2, 0) is 31.6 Å². The van der Waals surface area contributed by atoms with Gasteiger partial charge < -0.3 is 15.5 Å². The van der Waals surface area contributed by atoms with Crippen LogP contribution < -0.4 is 27.0 Å². The first-order valence-electron chi connectivity index (χ1n) is 23.8. The zero-order valence-corrected chi connectivity index (χ0v) is 38.7. The number of imide groups is 1. The summed E-state index contributed by atoms with van der Waals surface area (Å²) in [5.41, 5.74) is 1.34. The van der Waals surface area contributed by atoms with Crippen LogP contribution in [0, 0.1) is 35.4 Å². The third kappa shape index (κ3) is 7.66. The van der Waals surface area contributed by atoms with E-state index in [1.165, 1.54) is 10.6 Å². The lowest BCUT2D eigenvalue weighted by atomic mass is 9.55. The van der Waals surface area contributed by atoms with E-state index in [9.17, 15) is 24.0 Å². The van der Waals surface area contributed by atoms with E-state index in [4.69, 9.17) is 23.2 Å². The van der Waals surface area contributed by atoms with Gasteiger partial charge in [-0.1, -0.05) is 78.6 Å². The third-order valence-corrected chi connectivity index (χ3v) is 16.5. The van der Waals surface area contributed by atoms with Gasteiger partial charge in [-0.2, -0.15) is 0 Å². The van der Waals surface area contributed by atoms with Crippen molar-refractivity contribution in [3.8, 4) is 11.8 Å². The SMILES string of the molecule is Cn1c(=O)n(C2CCC(=O)NC2=O)c2cccc(C#CC3CCN(C[C@H]4CC[C@H](CNC(=O)[C@@H]5NC6(CCCCC6)[C@@]6(C(=O)Nc7cc(Cl)ccc76)[C@H]5c5cccc(Cl)c5F)CC4)CC3)c21. The Balaban J connectivity index is 0.766. The number of rotatable bonds is 7. The smallest absolute Gasteiger partial charge is 0.329 e. The fourth-order valence-electron chi connectivity index (χ4n) is 12.8. The van der Waals surface area contributed by atoms with Gasteiger partial charge in [0.2, 0.25) is 23.6 Å². The average molecular weight is 937 g/mol. The zero-order chi connectivity index (χ0) is 45.9. The minimum atomic E-state index is -1.26. The number of hydrogen-bond acceptors (Lipinski definition) is 7. The van der Waals surface area contributed by atoms with Crippen molar-refractivity contribution in [1.29, 1.82) is 0 Å². The molecule has 10 rings (SSSR count). The Bertz CT molecular complexity index is 2740. The Labute approximate surface area is 393 Å². The second kappa shape index (κ2) is 17.9. The Morgan fingerprint density at radius 3 is 2.39 bits per heavy atom. The summed E-state index contributed by atoms with van der Waals surface area (Å²) in [5, 5.41) is 12.9. The van der Waals surface area contributed by atoms with Crippen LogP contribution in [-0.4, -0.2) is 75.4 Å². The first kappa shape index (κ1) is 44.8. The van der Waals surface area contributed by atoms with Gasteiger partial charge in [0, 0.05) is 54.6 Å². The maximum atomic E-state index is 16.3. The van der Waals surface area contributed by atoms with Crippen LogP contribution in [0.25, 0.3) is 11.0 Å². The van der Waals surface area contributed by atoms with Gasteiger partial charge in [0.05, 0.1) is 27.7 Å². The number of benzene rings is 3. The fourth-order valence-corrected chi connectivity index (χ4v) is 13.1. The van der Waals surface area contributed by atoms with Crippen molar-refractivity contribution >= 4 is 63.6 Å². The monoisotopic (exact) mass is 935 g/mol. The molecule has 5 fully saturated rings. The molecule has 1 aromatic heterocycles. The van der Waals surface area contributed by atoms with Gasteiger partial charge >= 0.3 is 5.69 Å². The van der Waals surface area contributed by atoms with Crippen LogP contribution in [0.3, 0.4) is 0 Å². The molecule has 4 amide bonds. The highest BCUT2D eigenvalue weighted by Crippen LogP contribution is 2.63. The minimum absolute atomic E-state index is 0.0440. The fraction of sp³-hybridized carbons (Fsp3) is 0.510. The van der Waals surface area contributed by atoms with E-state index in [0.717, 1.165) is 88.5 Å². The molecule has 0 radical (unpaired) electrons. The molecular formula is C51H56Cl2FN7O5. The molecule has 6 aliphatic rings. The van der Waals surface area contributed by atoms with E-state index in [0.29, 0.717) is 53.0 Å². The average Bonchev–Trinajstić information content (AvgIpc) is 3.87. The molecule has 2 spiro atoms. The number of amides is 4. The molecule has 0 bridgehead atoms. The van der Waals surface area contributed by atoms with Gasteiger partial charge in [0.1, 0.15) is 17.3 Å². The second-order valence-electron chi connectivity index (χ2n) is 19.7. The molecule has 3 aromatic carbocycles. The largest absolute Gasteiger partial charge is 0.354 e. The van der Waals surface area contributed by atoms with Crippen LogP contribution in [0.1, 0.15) is 112 Å². The second-order valence-corrected chi connectivity index (χ2v) is 20.5. The van der Waals surface area contributed by atoms with Gasteiger partial charge in [-0.15, -0.1) is 0 Å². The van der Waals surface area contributed by atoms with Crippen LogP contribution in [0.4, 0.5) is 10.1 Å². The number of piperidine rings is 2. The Morgan fingerprint density at radius 2 is 1.64 bits per heavy atom. The summed E-state index contributed by atoms with van der Waals surface area (Å²) < 4.78 is 19.4. The van der Waals surface area contributed by atoms with Crippen LogP contribution in [0.15, 0.2) is 59.4 Å². The molecule has 1 unspecified atom stereocenters. The number of imidazole rings is 1. The first-order valence-corrected chi connectivity index (χ1v) is 24.5. The number of para-hydroxylation sites is 1. The number of fused-ring (bicyclic) bond motifs is 4. The van der Waals surface area contributed by atoms with Crippen LogP contribution >= 0.6 is 23.2 Å². The molecule has 3 saturated heterocycles. The van der Waals surface area contributed by atoms with E-state index < -0.39 is 40.7 Å². The van der Waals surface area contributed by atoms with E-state index in [1.54, 1.807) is 35.9 Å². The molecule has 4 aliphatic heterocycles. The molecule has 5 heterocycles. The Kier molecular flexibility index (Phi) is 12.2. The van der Waals surface area contributed by atoms with Crippen molar-refractivity contribution in [3.05, 3.63) is 97.6 Å². The number of anilines is 1. The number of aryl methyl sites for hydroxylation is 1. The van der Waals surface area contributed by atoms with E-state index in [2.05, 4.69) is 38.0 Å². The number of aromatic nitrogens is 2.